The highest BCUT2D eigenvalue weighted by atomic mass is 16.6. The normalized spacial score (nSPS) is 10.4. The quantitative estimate of drug-likeness (QED) is 0.588. The van der Waals surface area contributed by atoms with Crippen molar-refractivity contribution < 1.29 is 14.5 Å². The number of carbonyl (C=O) groups excluding carboxylic acids is 1. The summed E-state index contributed by atoms with van der Waals surface area (Å²) >= 11 is 0. The summed E-state index contributed by atoms with van der Waals surface area (Å²) in [6.07, 6.45) is 0. The highest BCUT2D eigenvalue weighted by Crippen LogP contribution is 2.29. The fourth-order valence-corrected chi connectivity index (χ4v) is 1.52. The van der Waals surface area contributed by atoms with Crippen LogP contribution >= 0.6 is 0 Å². The van der Waals surface area contributed by atoms with Gasteiger partial charge in [-0.1, -0.05) is 13.8 Å². The molecular formula is C13H19N3O4. The van der Waals surface area contributed by atoms with Crippen LogP contribution in [0.4, 0.5) is 11.4 Å². The highest BCUT2D eigenvalue weighted by Gasteiger charge is 2.17. The van der Waals surface area contributed by atoms with Gasteiger partial charge in [0.05, 0.1) is 24.1 Å². The number of ether oxygens (including phenoxy) is 1. The van der Waals surface area contributed by atoms with Gasteiger partial charge in [-0.25, -0.2) is 0 Å². The molecule has 0 spiro atoms. The Hall–Kier alpha value is -2.15. The van der Waals surface area contributed by atoms with Gasteiger partial charge in [0.25, 0.3) is 5.69 Å². The van der Waals surface area contributed by atoms with Crippen LogP contribution in [0.3, 0.4) is 0 Å². The van der Waals surface area contributed by atoms with E-state index in [1.54, 1.807) is 13.0 Å². The highest BCUT2D eigenvalue weighted by molar-refractivity contribution is 5.94. The van der Waals surface area contributed by atoms with E-state index < -0.39 is 4.92 Å². The molecule has 7 heteroatoms. The van der Waals surface area contributed by atoms with E-state index in [1.807, 2.05) is 13.8 Å². The summed E-state index contributed by atoms with van der Waals surface area (Å²) in [7, 11) is 0. The van der Waals surface area contributed by atoms with E-state index in [2.05, 4.69) is 10.6 Å². The summed E-state index contributed by atoms with van der Waals surface area (Å²) in [6, 6.07) is 4.52. The van der Waals surface area contributed by atoms with Crippen molar-refractivity contribution in [3.63, 3.8) is 0 Å². The molecule has 110 valence electrons. The van der Waals surface area contributed by atoms with Crippen molar-refractivity contribution in [3.8, 4) is 5.75 Å². The van der Waals surface area contributed by atoms with E-state index in [0.717, 1.165) is 0 Å². The number of nitro groups is 1. The number of rotatable bonds is 7. The smallest absolute Gasteiger partial charge is 0.296 e. The molecule has 2 N–H and O–H groups in total. The largest absolute Gasteiger partial charge is 0.494 e. The Kier molecular flexibility index (Phi) is 5.92. The molecule has 0 aliphatic rings. The van der Waals surface area contributed by atoms with Crippen molar-refractivity contribution in [2.45, 2.75) is 26.8 Å². The number of amides is 1. The first-order valence-electron chi connectivity index (χ1n) is 6.38. The first kappa shape index (κ1) is 15.9. The zero-order valence-electron chi connectivity index (χ0n) is 11.8. The van der Waals surface area contributed by atoms with Crippen molar-refractivity contribution in [1.82, 2.24) is 5.32 Å². The lowest BCUT2D eigenvalue weighted by Gasteiger charge is -2.10. The molecule has 0 saturated carbocycles. The van der Waals surface area contributed by atoms with E-state index in [4.69, 9.17) is 4.74 Å². The minimum atomic E-state index is -0.548. The second-order valence-electron chi connectivity index (χ2n) is 4.45. The van der Waals surface area contributed by atoms with Crippen LogP contribution in [0, 0.1) is 10.1 Å². The standard InChI is InChI=1S/C13H19N3O4/c1-4-20-10-5-6-11(12(7-10)16(18)19)15-13(17)8-14-9(2)3/h5-7,9,14H,4,8H2,1-3H3,(H,15,17). The third-order valence-electron chi connectivity index (χ3n) is 2.42. The Morgan fingerprint density at radius 3 is 2.70 bits per heavy atom. The zero-order chi connectivity index (χ0) is 15.1. The van der Waals surface area contributed by atoms with Crippen molar-refractivity contribution in [2.75, 3.05) is 18.5 Å². The summed E-state index contributed by atoms with van der Waals surface area (Å²) in [5, 5.41) is 16.5. The molecule has 0 aliphatic carbocycles. The molecule has 0 radical (unpaired) electrons. The summed E-state index contributed by atoms with van der Waals surface area (Å²) in [5.41, 5.74) is -0.0251. The lowest BCUT2D eigenvalue weighted by Crippen LogP contribution is -2.32. The first-order chi connectivity index (χ1) is 9.43. The van der Waals surface area contributed by atoms with Gasteiger partial charge < -0.3 is 15.4 Å². The van der Waals surface area contributed by atoms with Crippen LogP contribution in [0.15, 0.2) is 18.2 Å². The lowest BCUT2D eigenvalue weighted by molar-refractivity contribution is -0.384. The molecule has 0 unspecified atom stereocenters. The predicted octanol–water partition coefficient (Wildman–Crippen LogP) is 1.93. The molecule has 0 aromatic heterocycles. The maximum atomic E-state index is 11.7. The molecule has 0 saturated heterocycles. The number of anilines is 1. The summed E-state index contributed by atoms with van der Waals surface area (Å²) in [5.74, 6) is 0.0727. The van der Waals surface area contributed by atoms with Crippen molar-refractivity contribution in [1.29, 1.82) is 0 Å². The second-order valence-corrected chi connectivity index (χ2v) is 4.45. The molecule has 1 amide bonds. The molecule has 0 atom stereocenters. The van der Waals surface area contributed by atoms with Gasteiger partial charge in [0.1, 0.15) is 11.4 Å². The minimum Gasteiger partial charge on any atom is -0.494 e. The Bertz CT molecular complexity index is 489. The van der Waals surface area contributed by atoms with Crippen molar-refractivity contribution in [2.24, 2.45) is 0 Å². The van der Waals surface area contributed by atoms with Gasteiger partial charge in [0.15, 0.2) is 0 Å². The lowest BCUT2D eigenvalue weighted by atomic mass is 10.2. The number of nitro benzene ring substituents is 1. The molecule has 1 aromatic rings. The molecule has 0 fully saturated rings. The van der Waals surface area contributed by atoms with Gasteiger partial charge in [0.2, 0.25) is 5.91 Å². The molecule has 1 aromatic carbocycles. The molecule has 0 heterocycles. The van der Waals surface area contributed by atoms with E-state index >= 15 is 0 Å². The van der Waals surface area contributed by atoms with Crippen LogP contribution < -0.4 is 15.4 Å². The maximum Gasteiger partial charge on any atom is 0.296 e. The SMILES string of the molecule is CCOc1ccc(NC(=O)CNC(C)C)c([N+](=O)[O-])c1. The average molecular weight is 281 g/mol. The van der Waals surface area contributed by atoms with E-state index in [-0.39, 0.29) is 29.9 Å². The Morgan fingerprint density at radius 1 is 1.45 bits per heavy atom. The van der Waals surface area contributed by atoms with Crippen LogP contribution in [-0.2, 0) is 4.79 Å². The fraction of sp³-hybridized carbons (Fsp3) is 0.462. The van der Waals surface area contributed by atoms with Gasteiger partial charge in [-0.2, -0.15) is 0 Å². The average Bonchev–Trinajstić information content (AvgIpc) is 2.38. The molecular weight excluding hydrogens is 262 g/mol. The monoisotopic (exact) mass is 281 g/mol. The number of carbonyl (C=O) groups is 1. The van der Waals surface area contributed by atoms with E-state index in [1.165, 1.54) is 12.1 Å². The van der Waals surface area contributed by atoms with E-state index in [0.29, 0.717) is 12.4 Å². The van der Waals surface area contributed by atoms with Gasteiger partial charge in [0, 0.05) is 6.04 Å². The number of nitrogens with one attached hydrogen (secondary N) is 2. The van der Waals surface area contributed by atoms with Crippen LogP contribution in [0.25, 0.3) is 0 Å². The van der Waals surface area contributed by atoms with Gasteiger partial charge in [-0.3, -0.25) is 14.9 Å². The second kappa shape index (κ2) is 7.44. The number of benzene rings is 1. The van der Waals surface area contributed by atoms with Crippen LogP contribution in [0.1, 0.15) is 20.8 Å². The van der Waals surface area contributed by atoms with Crippen molar-refractivity contribution in [3.05, 3.63) is 28.3 Å². The third-order valence-corrected chi connectivity index (χ3v) is 2.42. The van der Waals surface area contributed by atoms with Crippen LogP contribution in [0.5, 0.6) is 5.75 Å². The Balaban J connectivity index is 2.83. The fourth-order valence-electron chi connectivity index (χ4n) is 1.52. The van der Waals surface area contributed by atoms with Gasteiger partial charge in [-0.05, 0) is 19.1 Å². The number of hydrogen-bond donors (Lipinski definition) is 2. The molecule has 7 nitrogen and oxygen atoms in total. The zero-order valence-corrected chi connectivity index (χ0v) is 11.8. The molecule has 0 aliphatic heterocycles. The van der Waals surface area contributed by atoms with Crippen LogP contribution in [-0.4, -0.2) is 30.0 Å². The Labute approximate surface area is 117 Å². The van der Waals surface area contributed by atoms with E-state index in [9.17, 15) is 14.9 Å². The van der Waals surface area contributed by atoms with Gasteiger partial charge >= 0.3 is 0 Å². The third kappa shape index (κ3) is 4.85. The maximum absolute atomic E-state index is 11.7. The first-order valence-corrected chi connectivity index (χ1v) is 6.38. The summed E-state index contributed by atoms with van der Waals surface area (Å²) in [4.78, 5) is 22.1. The minimum absolute atomic E-state index is 0.0992. The Morgan fingerprint density at radius 2 is 2.15 bits per heavy atom. The molecule has 0 bridgehead atoms. The summed E-state index contributed by atoms with van der Waals surface area (Å²) < 4.78 is 5.21. The van der Waals surface area contributed by atoms with Crippen LogP contribution in [0.2, 0.25) is 0 Å². The van der Waals surface area contributed by atoms with Gasteiger partial charge in [-0.15, -0.1) is 0 Å². The number of hydrogen-bond acceptors (Lipinski definition) is 5. The number of nitrogens with zero attached hydrogens (tertiary/aromatic N) is 1. The van der Waals surface area contributed by atoms with Crippen molar-refractivity contribution >= 4 is 17.3 Å². The topological polar surface area (TPSA) is 93.5 Å². The molecule has 1 rings (SSSR count). The molecule has 20 heavy (non-hydrogen) atoms. The predicted molar refractivity (Wildman–Crippen MR) is 76.0 cm³/mol. The summed E-state index contributed by atoms with van der Waals surface area (Å²) in [6.45, 7) is 6.13.